The molecule has 3 rings (SSSR count). The number of rotatable bonds is 1. The van der Waals surface area contributed by atoms with Crippen molar-refractivity contribution in [2.24, 2.45) is 5.73 Å². The molecule has 0 aromatic heterocycles. The number of ether oxygens (including phenoxy) is 2. The van der Waals surface area contributed by atoms with E-state index in [0.717, 1.165) is 25.3 Å². The zero-order valence-electron chi connectivity index (χ0n) is 11.5. The first-order valence-electron chi connectivity index (χ1n) is 6.91. The van der Waals surface area contributed by atoms with Crippen LogP contribution in [-0.2, 0) is 5.54 Å². The second-order valence-electron chi connectivity index (χ2n) is 5.73. The largest absolute Gasteiger partial charge is 0.507 e. The monoisotopic (exact) mass is 339 g/mol. The van der Waals surface area contributed by atoms with Gasteiger partial charge in [0.2, 0.25) is 0 Å². The fraction of sp³-hybridized carbons (Fsp3) is 0.571. The predicted molar refractivity (Wildman–Crippen MR) is 71.6 cm³/mol. The lowest BCUT2D eigenvalue weighted by Crippen LogP contribution is -2.52. The van der Waals surface area contributed by atoms with Crippen LogP contribution in [0, 0.1) is 0 Å². The molecule has 0 radical (unpaired) electrons. The maximum absolute atomic E-state index is 13.3. The van der Waals surface area contributed by atoms with Crippen molar-refractivity contribution in [3.8, 4) is 11.5 Å². The summed E-state index contributed by atoms with van der Waals surface area (Å²) in [6, 6.07) is 2.24. The SMILES string of the molecule is NC1(c2cc3c(cc2Cl)OC(F)(F)C(F)(F)O3)CCCCC1. The van der Waals surface area contributed by atoms with E-state index in [1.165, 1.54) is 6.07 Å². The summed E-state index contributed by atoms with van der Waals surface area (Å²) < 4.78 is 61.1. The number of alkyl halides is 4. The zero-order valence-corrected chi connectivity index (χ0v) is 12.2. The van der Waals surface area contributed by atoms with Crippen molar-refractivity contribution in [2.45, 2.75) is 49.9 Å². The molecule has 122 valence electrons. The lowest BCUT2D eigenvalue weighted by atomic mass is 9.77. The van der Waals surface area contributed by atoms with Crippen LogP contribution in [0.1, 0.15) is 37.7 Å². The van der Waals surface area contributed by atoms with Gasteiger partial charge in [0.1, 0.15) is 0 Å². The van der Waals surface area contributed by atoms with E-state index in [9.17, 15) is 17.6 Å². The van der Waals surface area contributed by atoms with E-state index in [-0.39, 0.29) is 5.02 Å². The topological polar surface area (TPSA) is 44.5 Å². The minimum Gasteiger partial charge on any atom is -0.421 e. The summed E-state index contributed by atoms with van der Waals surface area (Å²) in [7, 11) is 0. The minimum absolute atomic E-state index is 0.104. The normalized spacial score (nSPS) is 24.8. The Balaban J connectivity index is 2.04. The van der Waals surface area contributed by atoms with Crippen molar-refractivity contribution in [1.82, 2.24) is 0 Å². The van der Waals surface area contributed by atoms with Gasteiger partial charge in [-0.05, 0) is 24.5 Å². The molecule has 1 fully saturated rings. The summed E-state index contributed by atoms with van der Waals surface area (Å²) in [5.74, 6) is -1.00. The Morgan fingerprint density at radius 3 is 1.95 bits per heavy atom. The van der Waals surface area contributed by atoms with Gasteiger partial charge in [0.05, 0.1) is 0 Å². The molecule has 0 atom stereocenters. The van der Waals surface area contributed by atoms with Gasteiger partial charge >= 0.3 is 12.2 Å². The van der Waals surface area contributed by atoms with Gasteiger partial charge < -0.3 is 15.2 Å². The summed E-state index contributed by atoms with van der Waals surface area (Å²) >= 11 is 6.10. The number of benzene rings is 1. The lowest BCUT2D eigenvalue weighted by molar-refractivity contribution is -0.391. The molecular weight excluding hydrogens is 326 g/mol. The average molecular weight is 340 g/mol. The Labute approximate surface area is 129 Å². The molecule has 0 amide bonds. The quantitative estimate of drug-likeness (QED) is 0.770. The first-order valence-corrected chi connectivity index (χ1v) is 7.29. The molecule has 1 aliphatic heterocycles. The zero-order chi connectivity index (χ0) is 16.2. The maximum atomic E-state index is 13.3. The van der Waals surface area contributed by atoms with Gasteiger partial charge in [-0.15, -0.1) is 0 Å². The minimum atomic E-state index is -4.75. The number of hydrogen-bond donors (Lipinski definition) is 1. The Bertz CT molecular complexity index is 603. The summed E-state index contributed by atoms with van der Waals surface area (Å²) in [5, 5.41) is 0.104. The molecule has 1 aliphatic carbocycles. The van der Waals surface area contributed by atoms with E-state index in [0.29, 0.717) is 18.4 Å². The molecule has 1 aromatic carbocycles. The van der Waals surface area contributed by atoms with Crippen LogP contribution in [0.4, 0.5) is 17.6 Å². The summed E-state index contributed by atoms with van der Waals surface area (Å²) in [5.41, 5.74) is 5.96. The summed E-state index contributed by atoms with van der Waals surface area (Å²) in [4.78, 5) is 0. The number of halogens is 5. The fourth-order valence-electron chi connectivity index (χ4n) is 2.92. The molecule has 22 heavy (non-hydrogen) atoms. The van der Waals surface area contributed by atoms with Crippen LogP contribution in [0.3, 0.4) is 0 Å². The van der Waals surface area contributed by atoms with Crippen LogP contribution in [0.15, 0.2) is 12.1 Å². The molecule has 0 spiro atoms. The highest BCUT2D eigenvalue weighted by Gasteiger charge is 2.66. The van der Waals surface area contributed by atoms with Gasteiger partial charge in [-0.1, -0.05) is 30.9 Å². The van der Waals surface area contributed by atoms with Crippen LogP contribution in [0.25, 0.3) is 0 Å². The standard InChI is InChI=1S/C14H14ClF4NO2/c15-9-7-11-10(21-13(16,17)14(18,19)22-11)6-8(9)12(20)4-2-1-3-5-12/h6-7H,1-5,20H2. The van der Waals surface area contributed by atoms with E-state index in [2.05, 4.69) is 9.47 Å². The highest BCUT2D eigenvalue weighted by Crippen LogP contribution is 2.50. The van der Waals surface area contributed by atoms with E-state index in [1.54, 1.807) is 0 Å². The maximum Gasteiger partial charge on any atom is 0.507 e. The van der Waals surface area contributed by atoms with Gasteiger partial charge in [-0.2, -0.15) is 17.6 Å². The molecule has 1 heterocycles. The summed E-state index contributed by atoms with van der Waals surface area (Å²) in [6.45, 7) is 0. The van der Waals surface area contributed by atoms with Crippen LogP contribution in [0.5, 0.6) is 11.5 Å². The molecule has 2 aliphatic rings. The molecule has 0 saturated heterocycles. The van der Waals surface area contributed by atoms with Gasteiger partial charge in [0, 0.05) is 16.6 Å². The van der Waals surface area contributed by atoms with Crippen LogP contribution in [0.2, 0.25) is 5.02 Å². The smallest absolute Gasteiger partial charge is 0.421 e. The average Bonchev–Trinajstić information content (AvgIpc) is 2.40. The number of fused-ring (bicyclic) bond motifs is 1. The number of nitrogens with two attached hydrogens (primary N) is 1. The van der Waals surface area contributed by atoms with Crippen LogP contribution in [-0.4, -0.2) is 12.2 Å². The third-order valence-electron chi connectivity index (χ3n) is 4.13. The molecular formula is C14H14ClF4NO2. The van der Waals surface area contributed by atoms with Crippen LogP contribution >= 0.6 is 11.6 Å². The lowest BCUT2D eigenvalue weighted by Gasteiger charge is -2.37. The first kappa shape index (κ1) is 15.7. The van der Waals surface area contributed by atoms with E-state index >= 15 is 0 Å². The molecule has 8 heteroatoms. The van der Waals surface area contributed by atoms with E-state index in [1.807, 2.05) is 0 Å². The van der Waals surface area contributed by atoms with Crippen molar-refractivity contribution in [3.05, 3.63) is 22.7 Å². The third kappa shape index (κ3) is 2.40. The van der Waals surface area contributed by atoms with Crippen molar-refractivity contribution >= 4 is 11.6 Å². The van der Waals surface area contributed by atoms with Gasteiger partial charge in [0.15, 0.2) is 11.5 Å². The first-order chi connectivity index (χ1) is 10.1. The Morgan fingerprint density at radius 1 is 0.909 bits per heavy atom. The third-order valence-corrected chi connectivity index (χ3v) is 4.44. The fourth-order valence-corrected chi connectivity index (χ4v) is 3.27. The van der Waals surface area contributed by atoms with E-state index < -0.39 is 29.3 Å². The van der Waals surface area contributed by atoms with E-state index in [4.69, 9.17) is 17.3 Å². The molecule has 0 bridgehead atoms. The van der Waals surface area contributed by atoms with Crippen molar-refractivity contribution in [2.75, 3.05) is 0 Å². The Kier molecular flexibility index (Phi) is 3.49. The molecule has 1 aromatic rings. The van der Waals surface area contributed by atoms with Gasteiger partial charge in [0.25, 0.3) is 0 Å². The van der Waals surface area contributed by atoms with Gasteiger partial charge in [-0.25, -0.2) is 0 Å². The Hall–Kier alpha value is -1.21. The Morgan fingerprint density at radius 2 is 1.41 bits per heavy atom. The molecule has 3 nitrogen and oxygen atoms in total. The van der Waals surface area contributed by atoms with Crippen molar-refractivity contribution in [3.63, 3.8) is 0 Å². The van der Waals surface area contributed by atoms with Crippen molar-refractivity contribution < 1.29 is 27.0 Å². The highest BCUT2D eigenvalue weighted by atomic mass is 35.5. The van der Waals surface area contributed by atoms with Crippen molar-refractivity contribution in [1.29, 1.82) is 0 Å². The second kappa shape index (κ2) is 4.89. The molecule has 2 N–H and O–H groups in total. The summed E-state index contributed by atoms with van der Waals surface area (Å²) in [6.07, 6.45) is -5.43. The van der Waals surface area contributed by atoms with Crippen LogP contribution < -0.4 is 15.2 Å². The highest BCUT2D eigenvalue weighted by molar-refractivity contribution is 6.31. The number of hydrogen-bond acceptors (Lipinski definition) is 3. The molecule has 1 saturated carbocycles. The second-order valence-corrected chi connectivity index (χ2v) is 6.14. The van der Waals surface area contributed by atoms with Gasteiger partial charge in [-0.3, -0.25) is 0 Å². The predicted octanol–water partition coefficient (Wildman–Crippen LogP) is 4.41. The molecule has 0 unspecified atom stereocenters.